The first-order chi connectivity index (χ1) is 33.1. The molecule has 0 unspecified atom stereocenters. The maximum absolute atomic E-state index is 14.1. The molecule has 1 aliphatic heterocycles. The van der Waals surface area contributed by atoms with Gasteiger partial charge >= 0.3 is 5.97 Å². The van der Waals surface area contributed by atoms with Crippen molar-refractivity contribution in [3.63, 3.8) is 0 Å². The van der Waals surface area contributed by atoms with Crippen LogP contribution in [0.25, 0.3) is 0 Å². The summed E-state index contributed by atoms with van der Waals surface area (Å²) in [7, 11) is 0. The molecule has 24 heteroatoms. The Hall–Kier alpha value is -7.34. The Kier molecular flexibility index (Phi) is 23.0. The Balaban J connectivity index is 1.74. The summed E-state index contributed by atoms with van der Waals surface area (Å²) in [4.78, 5) is 124. The number of phenols is 1. The van der Waals surface area contributed by atoms with E-state index in [1.165, 1.54) is 36.1 Å². The number of aliphatic carboxylic acids is 1. The number of nitrogens with one attached hydrogen (secondary N) is 7. The van der Waals surface area contributed by atoms with Gasteiger partial charge in [0, 0.05) is 25.9 Å². The number of likely N-dealkylation sites (tertiary alicyclic amines) is 1. The van der Waals surface area contributed by atoms with Crippen LogP contribution >= 0.6 is 0 Å². The fourth-order valence-corrected chi connectivity index (χ4v) is 7.26. The topological polar surface area (TPSA) is 392 Å². The molecule has 16 N–H and O–H groups in total. The van der Waals surface area contributed by atoms with Crippen LogP contribution in [-0.2, 0) is 56.0 Å². The average Bonchev–Trinajstić information content (AvgIpc) is 3.82. The number of nitrogens with two attached hydrogens (primary N) is 3. The number of carboxylic acid groups (broad SMARTS) is 1. The number of carboxylic acids is 1. The lowest BCUT2D eigenvalue weighted by Crippen LogP contribution is -2.60. The fraction of sp³-hybridized carbons (Fsp3) is 0.522. The second-order valence-electron chi connectivity index (χ2n) is 17.1. The van der Waals surface area contributed by atoms with Crippen LogP contribution in [0.5, 0.6) is 5.75 Å². The number of nitrogens with zero attached hydrogens (tertiary/aromatic N) is 2. The van der Waals surface area contributed by atoms with E-state index in [1.54, 1.807) is 30.3 Å². The number of hydrogen-bond acceptors (Lipinski definition) is 13. The SMILES string of the molecule is CC[C@H](C)[C@H](N)C(=O)NCC(=O)N1CCC[C@H]1C(=O)NCC(=O)N[C@@H](CCCN=C(N)N)C(=O)N[C@@H](C)C(=O)N[C@@H](Cc1ccccc1)C(=O)N[C@@H](Cc1ccc(O)cc1)C(=O)N[C@H](C(=O)O)[C@@H](C)O. The van der Waals surface area contributed by atoms with Crippen molar-refractivity contribution in [2.24, 2.45) is 28.1 Å². The van der Waals surface area contributed by atoms with E-state index in [1.807, 2.05) is 13.8 Å². The first kappa shape index (κ1) is 57.0. The summed E-state index contributed by atoms with van der Waals surface area (Å²) < 4.78 is 0. The minimum absolute atomic E-state index is 0.0325. The molecular formula is C46H68N12O12. The van der Waals surface area contributed by atoms with E-state index < -0.39 is 108 Å². The van der Waals surface area contributed by atoms with Gasteiger partial charge in [0.25, 0.3) is 0 Å². The number of benzene rings is 2. The minimum Gasteiger partial charge on any atom is -0.508 e. The molecule has 0 bridgehead atoms. The molecule has 0 aromatic heterocycles. The molecule has 9 atom stereocenters. The predicted molar refractivity (Wildman–Crippen MR) is 255 cm³/mol. The van der Waals surface area contributed by atoms with Gasteiger partial charge < -0.3 is 74.6 Å². The third kappa shape index (κ3) is 18.6. The lowest BCUT2D eigenvalue weighted by Gasteiger charge is -2.27. The summed E-state index contributed by atoms with van der Waals surface area (Å²) in [5.74, 6) is -7.86. The van der Waals surface area contributed by atoms with Crippen LogP contribution in [0.4, 0.5) is 0 Å². The van der Waals surface area contributed by atoms with E-state index in [2.05, 4.69) is 42.2 Å². The van der Waals surface area contributed by atoms with Crippen LogP contribution in [0, 0.1) is 5.92 Å². The van der Waals surface area contributed by atoms with E-state index in [0.717, 1.165) is 6.92 Å². The molecule has 0 saturated carbocycles. The molecule has 0 spiro atoms. The summed E-state index contributed by atoms with van der Waals surface area (Å²) in [6.07, 6.45) is -0.208. The summed E-state index contributed by atoms with van der Waals surface area (Å²) in [6, 6.07) is 5.25. The number of rotatable bonds is 27. The van der Waals surface area contributed by atoms with E-state index >= 15 is 0 Å². The highest BCUT2D eigenvalue weighted by Crippen LogP contribution is 2.18. The van der Waals surface area contributed by atoms with Crippen molar-refractivity contribution in [2.45, 2.75) is 121 Å². The molecule has 1 saturated heterocycles. The van der Waals surface area contributed by atoms with E-state index in [4.69, 9.17) is 17.2 Å². The van der Waals surface area contributed by atoms with E-state index in [9.17, 15) is 58.5 Å². The normalized spacial score (nSPS) is 16.5. The van der Waals surface area contributed by atoms with E-state index in [-0.39, 0.29) is 62.9 Å². The zero-order valence-corrected chi connectivity index (χ0v) is 39.8. The van der Waals surface area contributed by atoms with Crippen molar-refractivity contribution in [1.29, 1.82) is 0 Å². The number of amides is 8. The highest BCUT2D eigenvalue weighted by Gasteiger charge is 2.36. The molecule has 384 valence electrons. The van der Waals surface area contributed by atoms with Crippen molar-refractivity contribution < 1.29 is 58.5 Å². The molecule has 2 aromatic rings. The maximum atomic E-state index is 14.1. The maximum Gasteiger partial charge on any atom is 0.328 e. The number of aliphatic imine (C=N–C) groups is 1. The van der Waals surface area contributed by atoms with Crippen LogP contribution in [0.3, 0.4) is 0 Å². The number of carbonyl (C=O) groups is 9. The van der Waals surface area contributed by atoms with Gasteiger partial charge in [-0.15, -0.1) is 0 Å². The first-order valence-corrected chi connectivity index (χ1v) is 23.0. The molecule has 1 fully saturated rings. The lowest BCUT2D eigenvalue weighted by molar-refractivity contribution is -0.145. The third-order valence-electron chi connectivity index (χ3n) is 11.6. The summed E-state index contributed by atoms with van der Waals surface area (Å²) >= 11 is 0. The number of hydrogen-bond donors (Lipinski definition) is 13. The number of carbonyl (C=O) groups excluding carboxylic acids is 8. The molecule has 3 rings (SSSR count). The zero-order chi connectivity index (χ0) is 52.1. The number of phenolic OH excluding ortho intramolecular Hbond substituents is 1. The standard InChI is InChI=1S/C46H68N12O12/c1-5-25(2)37(47)44(68)52-24-36(62)58-20-10-14-34(58)43(67)51-23-35(61)54-31(13-9-19-50-46(48)49)40(64)53-26(3)39(63)55-32(21-28-11-7-6-8-12-28)41(65)56-33(22-29-15-17-30(60)18-16-29)42(66)57-38(27(4)59)45(69)70/h6-8,11-12,15-18,25-27,31-34,37-38,59-60H,5,9-10,13-14,19-24,47H2,1-4H3,(H,51,67)(H,52,68)(H,53,64)(H,54,61)(H,55,63)(H,56,65)(H,57,66)(H,69,70)(H4,48,49,50)/t25-,26-,27+,31-,32-,33-,34-,37-,38-/m0/s1. The van der Waals surface area contributed by atoms with E-state index in [0.29, 0.717) is 30.4 Å². The lowest BCUT2D eigenvalue weighted by atomic mass is 9.99. The quantitative estimate of drug-likeness (QED) is 0.0237. The van der Waals surface area contributed by atoms with Gasteiger partial charge in [-0.2, -0.15) is 0 Å². The van der Waals surface area contributed by atoms with Gasteiger partial charge in [0.15, 0.2) is 12.0 Å². The van der Waals surface area contributed by atoms with Crippen LogP contribution in [0.1, 0.15) is 70.9 Å². The number of aromatic hydroxyl groups is 1. The molecule has 1 aliphatic rings. The van der Waals surface area contributed by atoms with Gasteiger partial charge in [-0.3, -0.25) is 43.3 Å². The Bertz CT molecular complexity index is 2160. The largest absolute Gasteiger partial charge is 0.508 e. The second kappa shape index (κ2) is 28.2. The summed E-state index contributed by atoms with van der Waals surface area (Å²) in [6.45, 7) is 5.54. The second-order valence-corrected chi connectivity index (χ2v) is 17.1. The Morgan fingerprint density at radius 3 is 1.91 bits per heavy atom. The van der Waals surface area contributed by atoms with Gasteiger partial charge in [0.1, 0.15) is 36.0 Å². The predicted octanol–water partition coefficient (Wildman–Crippen LogP) is -3.26. The van der Waals surface area contributed by atoms with Crippen LogP contribution in [0.15, 0.2) is 59.6 Å². The van der Waals surface area contributed by atoms with Gasteiger partial charge in [0.2, 0.25) is 47.3 Å². The average molecular weight is 981 g/mol. The highest BCUT2D eigenvalue weighted by molar-refractivity contribution is 5.97. The van der Waals surface area contributed by atoms with Crippen molar-refractivity contribution in [1.82, 2.24) is 42.1 Å². The monoisotopic (exact) mass is 981 g/mol. The summed E-state index contributed by atoms with van der Waals surface area (Å²) in [5, 5.41) is 46.9. The van der Waals surface area contributed by atoms with Crippen molar-refractivity contribution in [3.8, 4) is 5.75 Å². The van der Waals surface area contributed by atoms with Crippen molar-refractivity contribution in [3.05, 3.63) is 65.7 Å². The minimum atomic E-state index is -1.73. The number of aliphatic hydroxyl groups is 1. The van der Waals surface area contributed by atoms with Gasteiger partial charge in [-0.1, -0.05) is 62.7 Å². The molecule has 24 nitrogen and oxygen atoms in total. The van der Waals surface area contributed by atoms with Gasteiger partial charge in [-0.05, 0) is 68.7 Å². The third-order valence-corrected chi connectivity index (χ3v) is 11.6. The van der Waals surface area contributed by atoms with Crippen molar-refractivity contribution in [2.75, 3.05) is 26.2 Å². The molecule has 2 aromatic carbocycles. The molecular weight excluding hydrogens is 913 g/mol. The molecule has 70 heavy (non-hydrogen) atoms. The highest BCUT2D eigenvalue weighted by atomic mass is 16.4. The first-order valence-electron chi connectivity index (χ1n) is 23.0. The Morgan fingerprint density at radius 1 is 0.743 bits per heavy atom. The molecule has 0 aliphatic carbocycles. The Labute approximate surface area is 405 Å². The summed E-state index contributed by atoms with van der Waals surface area (Å²) in [5.41, 5.74) is 17.9. The Morgan fingerprint density at radius 2 is 1.33 bits per heavy atom. The van der Waals surface area contributed by atoms with Crippen LogP contribution in [0.2, 0.25) is 0 Å². The molecule has 8 amide bonds. The van der Waals surface area contributed by atoms with Crippen LogP contribution in [-0.4, -0.2) is 154 Å². The number of aliphatic hydroxyl groups excluding tert-OH is 1. The number of guanidine groups is 1. The van der Waals surface area contributed by atoms with Gasteiger partial charge in [-0.25, -0.2) is 4.79 Å². The van der Waals surface area contributed by atoms with Crippen LogP contribution < -0.4 is 54.4 Å². The fourth-order valence-electron chi connectivity index (χ4n) is 7.26. The zero-order valence-electron chi connectivity index (χ0n) is 39.8. The molecule has 0 radical (unpaired) electrons. The molecule has 1 heterocycles. The smallest absolute Gasteiger partial charge is 0.328 e. The van der Waals surface area contributed by atoms with Gasteiger partial charge in [0.05, 0.1) is 25.2 Å². The van der Waals surface area contributed by atoms with Crippen molar-refractivity contribution >= 4 is 59.2 Å².